The van der Waals surface area contributed by atoms with Gasteiger partial charge < -0.3 is 5.32 Å². The average Bonchev–Trinajstić information content (AvgIpc) is 3.15. The van der Waals surface area contributed by atoms with Crippen LogP contribution in [0.4, 0.5) is 5.69 Å². The molecular formula is C25H32ClN3O5S2. The molecule has 4 rings (SSSR count). The van der Waals surface area contributed by atoms with E-state index in [-0.39, 0.29) is 20.4 Å². The van der Waals surface area contributed by atoms with Crippen LogP contribution in [0.5, 0.6) is 0 Å². The van der Waals surface area contributed by atoms with Crippen LogP contribution in [0.25, 0.3) is 0 Å². The zero-order chi connectivity index (χ0) is 25.9. The molecule has 0 spiro atoms. The van der Waals surface area contributed by atoms with Crippen LogP contribution in [-0.4, -0.2) is 57.5 Å². The van der Waals surface area contributed by atoms with Crippen molar-refractivity contribution in [1.82, 2.24) is 8.61 Å². The normalized spacial score (nSPS) is 19.1. The molecule has 8 nitrogen and oxygen atoms in total. The van der Waals surface area contributed by atoms with Crippen LogP contribution in [0, 0.1) is 5.92 Å². The Morgan fingerprint density at radius 3 is 1.94 bits per heavy atom. The number of halogens is 1. The molecule has 1 amide bonds. The fraction of sp³-hybridized carbons (Fsp3) is 0.480. The molecule has 2 aromatic rings. The van der Waals surface area contributed by atoms with Crippen LogP contribution < -0.4 is 5.32 Å². The molecule has 2 saturated heterocycles. The summed E-state index contributed by atoms with van der Waals surface area (Å²) < 4.78 is 55.1. The minimum atomic E-state index is -3.74. The molecule has 0 atom stereocenters. The van der Waals surface area contributed by atoms with Gasteiger partial charge in [-0.2, -0.15) is 8.61 Å². The van der Waals surface area contributed by atoms with E-state index in [0.29, 0.717) is 37.8 Å². The number of benzene rings is 2. The van der Waals surface area contributed by atoms with E-state index in [1.165, 1.54) is 51.1 Å². The summed E-state index contributed by atoms with van der Waals surface area (Å²) in [6.45, 7) is 4.01. The van der Waals surface area contributed by atoms with Crippen LogP contribution in [0.15, 0.2) is 52.3 Å². The van der Waals surface area contributed by atoms with Gasteiger partial charge in [0.1, 0.15) is 0 Å². The fourth-order valence-electron chi connectivity index (χ4n) is 4.55. The maximum Gasteiger partial charge on any atom is 0.257 e. The minimum absolute atomic E-state index is 0.0190. The molecule has 2 heterocycles. The van der Waals surface area contributed by atoms with Crippen molar-refractivity contribution in [3.8, 4) is 0 Å². The predicted molar refractivity (Wildman–Crippen MR) is 140 cm³/mol. The third-order valence-electron chi connectivity index (χ3n) is 6.88. The van der Waals surface area contributed by atoms with E-state index in [1.807, 2.05) is 0 Å². The highest BCUT2D eigenvalue weighted by Gasteiger charge is 2.29. The number of rotatable bonds is 6. The monoisotopic (exact) mass is 553 g/mol. The van der Waals surface area contributed by atoms with Gasteiger partial charge in [-0.05, 0) is 74.1 Å². The summed E-state index contributed by atoms with van der Waals surface area (Å²) in [6, 6.07) is 10.1. The maximum absolute atomic E-state index is 13.1. The van der Waals surface area contributed by atoms with Crippen molar-refractivity contribution >= 4 is 43.2 Å². The second-order valence-corrected chi connectivity index (χ2v) is 13.8. The summed E-state index contributed by atoms with van der Waals surface area (Å²) in [5, 5.41) is 2.82. The van der Waals surface area contributed by atoms with Crippen LogP contribution in [0.2, 0.25) is 5.02 Å². The van der Waals surface area contributed by atoms with E-state index < -0.39 is 26.0 Å². The molecule has 2 aromatic carbocycles. The summed E-state index contributed by atoms with van der Waals surface area (Å²) in [5.41, 5.74) is 0.411. The van der Waals surface area contributed by atoms with Crippen LogP contribution in [0.1, 0.15) is 55.8 Å². The Balaban J connectivity index is 1.49. The van der Waals surface area contributed by atoms with Gasteiger partial charge in [-0.15, -0.1) is 0 Å². The highest BCUT2D eigenvalue weighted by atomic mass is 35.5. The lowest BCUT2D eigenvalue weighted by molar-refractivity contribution is 0.102. The number of nitrogens with one attached hydrogen (secondary N) is 1. The Bertz CT molecular complexity index is 1300. The number of piperidine rings is 1. The lowest BCUT2D eigenvalue weighted by atomic mass is 10.0. The zero-order valence-electron chi connectivity index (χ0n) is 20.3. The van der Waals surface area contributed by atoms with E-state index in [1.54, 1.807) is 0 Å². The first kappa shape index (κ1) is 27.1. The van der Waals surface area contributed by atoms with Gasteiger partial charge in [0.25, 0.3) is 5.91 Å². The highest BCUT2D eigenvalue weighted by molar-refractivity contribution is 7.89. The SMILES string of the molecule is CC1CCN(S(=O)(=O)c2ccc(Cl)c(C(=O)Nc3ccc(S(=O)(=O)N4CCCCCC4)cc3)c2)CC1. The molecule has 36 heavy (non-hydrogen) atoms. The Labute approximate surface area is 218 Å². The highest BCUT2D eigenvalue weighted by Crippen LogP contribution is 2.28. The van der Waals surface area contributed by atoms with Crippen LogP contribution in [-0.2, 0) is 20.0 Å². The summed E-state index contributed by atoms with van der Waals surface area (Å²) in [7, 11) is -7.34. The molecule has 2 fully saturated rings. The largest absolute Gasteiger partial charge is 0.322 e. The first-order valence-electron chi connectivity index (χ1n) is 12.3. The summed E-state index contributed by atoms with van der Waals surface area (Å²) in [5.74, 6) is -0.0961. The van der Waals surface area contributed by atoms with Crippen molar-refractivity contribution in [1.29, 1.82) is 0 Å². The van der Waals surface area contributed by atoms with Crippen molar-refractivity contribution in [2.24, 2.45) is 5.92 Å². The molecule has 2 aliphatic rings. The summed E-state index contributed by atoms with van der Waals surface area (Å²) >= 11 is 6.24. The number of hydrogen-bond acceptors (Lipinski definition) is 5. The Kier molecular flexibility index (Phi) is 8.41. The third kappa shape index (κ3) is 5.94. The molecule has 196 valence electrons. The summed E-state index contributed by atoms with van der Waals surface area (Å²) in [4.78, 5) is 13.2. The lowest BCUT2D eigenvalue weighted by Crippen LogP contribution is -2.37. The van der Waals surface area contributed by atoms with Crippen molar-refractivity contribution in [2.75, 3.05) is 31.5 Å². The van der Waals surface area contributed by atoms with Gasteiger partial charge in [0, 0.05) is 31.9 Å². The number of carbonyl (C=O) groups is 1. The van der Waals surface area contributed by atoms with Gasteiger partial charge in [0.15, 0.2) is 0 Å². The van der Waals surface area contributed by atoms with Gasteiger partial charge in [-0.3, -0.25) is 4.79 Å². The molecule has 0 aliphatic carbocycles. The first-order chi connectivity index (χ1) is 17.1. The zero-order valence-corrected chi connectivity index (χ0v) is 22.7. The van der Waals surface area contributed by atoms with Crippen molar-refractivity contribution < 1.29 is 21.6 Å². The van der Waals surface area contributed by atoms with Gasteiger partial charge in [0.05, 0.1) is 20.4 Å². The second kappa shape index (κ2) is 11.2. The molecular weight excluding hydrogens is 522 g/mol. The van der Waals surface area contributed by atoms with Crippen LogP contribution >= 0.6 is 11.6 Å². The smallest absolute Gasteiger partial charge is 0.257 e. The molecule has 0 radical (unpaired) electrons. The van der Waals surface area contributed by atoms with Crippen LogP contribution in [0.3, 0.4) is 0 Å². The standard InChI is InChI=1S/C25H32ClN3O5S2/c1-19-12-16-29(17-13-19)36(33,34)22-10-11-24(26)23(18-22)25(30)27-20-6-8-21(9-7-20)35(31,32)28-14-4-2-3-5-15-28/h6-11,18-19H,2-5,12-17H2,1H3,(H,27,30). The number of amides is 1. The average molecular weight is 554 g/mol. The maximum atomic E-state index is 13.1. The van der Waals surface area contributed by atoms with Gasteiger partial charge in [-0.1, -0.05) is 31.4 Å². The first-order valence-corrected chi connectivity index (χ1v) is 15.6. The third-order valence-corrected chi connectivity index (χ3v) is 11.0. The predicted octanol–water partition coefficient (Wildman–Crippen LogP) is 4.58. The van der Waals surface area contributed by atoms with Gasteiger partial charge >= 0.3 is 0 Å². The number of anilines is 1. The Morgan fingerprint density at radius 2 is 1.33 bits per heavy atom. The summed E-state index contributed by atoms with van der Waals surface area (Å²) in [6.07, 6.45) is 5.34. The minimum Gasteiger partial charge on any atom is -0.322 e. The van der Waals surface area contributed by atoms with Crippen molar-refractivity contribution in [3.05, 3.63) is 53.1 Å². The van der Waals surface area contributed by atoms with E-state index in [9.17, 15) is 21.6 Å². The fourth-order valence-corrected chi connectivity index (χ4v) is 7.77. The topological polar surface area (TPSA) is 104 Å². The quantitative estimate of drug-likeness (QED) is 0.564. The van der Waals surface area contributed by atoms with E-state index in [4.69, 9.17) is 11.6 Å². The molecule has 11 heteroatoms. The molecule has 0 unspecified atom stereocenters. The molecule has 0 aromatic heterocycles. The molecule has 0 bridgehead atoms. The van der Waals surface area contributed by atoms with Gasteiger partial charge in [-0.25, -0.2) is 16.8 Å². The van der Waals surface area contributed by atoms with Gasteiger partial charge in [0.2, 0.25) is 20.0 Å². The van der Waals surface area contributed by atoms with E-state index >= 15 is 0 Å². The Hall–Kier alpha value is -1.98. The molecule has 0 saturated carbocycles. The number of hydrogen-bond donors (Lipinski definition) is 1. The lowest BCUT2D eigenvalue weighted by Gasteiger charge is -2.29. The van der Waals surface area contributed by atoms with E-state index in [2.05, 4.69) is 12.2 Å². The second-order valence-electron chi connectivity index (χ2n) is 9.53. The number of sulfonamides is 2. The van der Waals surface area contributed by atoms with E-state index in [0.717, 1.165) is 38.5 Å². The van der Waals surface area contributed by atoms with Crippen molar-refractivity contribution in [3.63, 3.8) is 0 Å². The molecule has 2 aliphatic heterocycles. The Morgan fingerprint density at radius 1 is 0.806 bits per heavy atom. The molecule has 1 N–H and O–H groups in total. The number of nitrogens with zero attached hydrogens (tertiary/aromatic N) is 2. The van der Waals surface area contributed by atoms with Crippen molar-refractivity contribution in [2.45, 2.75) is 55.2 Å². The number of carbonyl (C=O) groups excluding carboxylic acids is 1.